The molecule has 1 aromatic carbocycles. The molecule has 1 aliphatic heterocycles. The Kier molecular flexibility index (Phi) is 6.58. The van der Waals surface area contributed by atoms with E-state index >= 15 is 0 Å². The molecule has 9 heteroatoms. The molecular formula is C19H26F2N4O3. The van der Waals surface area contributed by atoms with Crippen molar-refractivity contribution in [2.24, 2.45) is 11.7 Å². The summed E-state index contributed by atoms with van der Waals surface area (Å²) in [5, 5.41) is 2.59. The van der Waals surface area contributed by atoms with Gasteiger partial charge in [-0.2, -0.15) is 0 Å². The minimum Gasteiger partial charge on any atom is -0.370 e. The molecule has 1 saturated heterocycles. The smallest absolute Gasteiger partial charge is 0.265 e. The molecule has 1 heterocycles. The van der Waals surface area contributed by atoms with Gasteiger partial charge >= 0.3 is 0 Å². The minimum absolute atomic E-state index is 0.0303. The fraction of sp³-hybridized carbons (Fsp3) is 0.579. The van der Waals surface area contributed by atoms with Crippen LogP contribution < -0.4 is 16.0 Å². The fourth-order valence-electron chi connectivity index (χ4n) is 3.34. The van der Waals surface area contributed by atoms with Crippen LogP contribution in [0.2, 0.25) is 0 Å². The van der Waals surface area contributed by atoms with Crippen LogP contribution in [0.5, 0.6) is 0 Å². The molecule has 28 heavy (non-hydrogen) atoms. The molecular weight excluding hydrogens is 370 g/mol. The number of nitrogens with zero attached hydrogens (tertiary/aromatic N) is 2. The number of carbonyl (C=O) groups is 2. The van der Waals surface area contributed by atoms with Gasteiger partial charge in [0, 0.05) is 36.6 Å². The van der Waals surface area contributed by atoms with E-state index in [1.165, 1.54) is 17.0 Å². The molecule has 2 aliphatic rings. The maximum Gasteiger partial charge on any atom is 0.265 e. The normalized spacial score (nSPS) is 18.6. The Hall–Kier alpha value is -2.10. The van der Waals surface area contributed by atoms with Crippen LogP contribution in [0.15, 0.2) is 18.2 Å². The van der Waals surface area contributed by atoms with Crippen molar-refractivity contribution in [1.82, 2.24) is 4.90 Å². The van der Waals surface area contributed by atoms with Crippen LogP contribution in [0.4, 0.5) is 20.2 Å². The van der Waals surface area contributed by atoms with E-state index in [1.54, 1.807) is 6.07 Å². The maximum absolute atomic E-state index is 13.6. The van der Waals surface area contributed by atoms with Gasteiger partial charge in [-0.15, -0.1) is 0 Å². The number of likely N-dealkylation sites (N-methyl/N-ethyl adjacent to an activating group) is 1. The lowest BCUT2D eigenvalue weighted by Gasteiger charge is -2.28. The number of rotatable bonds is 8. The number of hydrogen-bond acceptors (Lipinski definition) is 5. The van der Waals surface area contributed by atoms with Gasteiger partial charge in [-0.1, -0.05) is 0 Å². The van der Waals surface area contributed by atoms with Crippen LogP contribution in [0.25, 0.3) is 0 Å². The zero-order chi connectivity index (χ0) is 20.3. The lowest BCUT2D eigenvalue weighted by Crippen LogP contribution is -2.47. The second-order valence-electron chi connectivity index (χ2n) is 7.29. The van der Waals surface area contributed by atoms with Crippen LogP contribution >= 0.6 is 0 Å². The van der Waals surface area contributed by atoms with Gasteiger partial charge in [-0.3, -0.25) is 14.5 Å². The van der Waals surface area contributed by atoms with E-state index in [0.717, 1.165) is 19.4 Å². The summed E-state index contributed by atoms with van der Waals surface area (Å²) in [6.07, 6.45) is -0.520. The summed E-state index contributed by atoms with van der Waals surface area (Å²) in [7, 11) is 1.82. The second-order valence-corrected chi connectivity index (χ2v) is 7.29. The average molecular weight is 396 g/mol. The lowest BCUT2D eigenvalue weighted by atomic mass is 10.1. The summed E-state index contributed by atoms with van der Waals surface area (Å²) < 4.78 is 32.3. The Bertz CT molecular complexity index is 727. The number of nitrogens with one attached hydrogen (secondary N) is 1. The monoisotopic (exact) mass is 396 g/mol. The van der Waals surface area contributed by atoms with Gasteiger partial charge in [0.15, 0.2) is 0 Å². The summed E-state index contributed by atoms with van der Waals surface area (Å²) in [5.41, 5.74) is 5.82. The predicted octanol–water partition coefficient (Wildman–Crippen LogP) is 1.59. The van der Waals surface area contributed by atoms with Gasteiger partial charge in [0.1, 0.15) is 12.6 Å². The van der Waals surface area contributed by atoms with Gasteiger partial charge in [-0.25, -0.2) is 8.78 Å². The van der Waals surface area contributed by atoms with Crippen molar-refractivity contribution >= 4 is 23.2 Å². The van der Waals surface area contributed by atoms with E-state index in [0.29, 0.717) is 24.8 Å². The molecule has 0 spiro atoms. The highest BCUT2D eigenvalue weighted by Crippen LogP contribution is 2.32. The zero-order valence-corrected chi connectivity index (χ0v) is 15.9. The van der Waals surface area contributed by atoms with E-state index in [9.17, 15) is 18.4 Å². The molecule has 0 unspecified atom stereocenters. The average Bonchev–Trinajstić information content (AvgIpc) is 3.47. The third kappa shape index (κ3) is 4.84. The van der Waals surface area contributed by atoms with Crippen molar-refractivity contribution in [3.63, 3.8) is 0 Å². The summed E-state index contributed by atoms with van der Waals surface area (Å²) in [6, 6.07) is 3.61. The van der Waals surface area contributed by atoms with Crippen LogP contribution in [0.3, 0.4) is 0 Å². The van der Waals surface area contributed by atoms with Crippen LogP contribution in [0.1, 0.15) is 24.8 Å². The molecule has 1 saturated carbocycles. The maximum atomic E-state index is 13.6. The molecule has 1 atom stereocenters. The number of anilines is 2. The standard InChI is InChI=1S/C19H26F2N4O3/c1-24(10-12-2-3-12)16(9-22)19(27)23-15-5-4-13(8-14(15)18(20)21)25-6-7-28-11-17(25)26/h4-5,8,12,16,18H,2-3,6-7,9-11,22H2,1H3,(H,23,27)/t16-/m0/s1. The Balaban J connectivity index is 1.76. The Labute approximate surface area is 162 Å². The van der Waals surface area contributed by atoms with Crippen LogP contribution in [-0.2, 0) is 14.3 Å². The molecule has 2 fully saturated rings. The van der Waals surface area contributed by atoms with Gasteiger partial charge in [0.2, 0.25) is 5.91 Å². The highest BCUT2D eigenvalue weighted by atomic mass is 19.3. The number of ether oxygens (including phenoxy) is 1. The second kappa shape index (κ2) is 8.93. The van der Waals surface area contributed by atoms with Gasteiger partial charge in [0.05, 0.1) is 6.61 Å². The third-order valence-corrected chi connectivity index (χ3v) is 5.13. The molecule has 3 N–H and O–H groups in total. The summed E-state index contributed by atoms with van der Waals surface area (Å²) in [6.45, 7) is 1.43. The first-order valence-corrected chi connectivity index (χ1v) is 9.42. The molecule has 0 bridgehead atoms. The molecule has 2 amide bonds. The summed E-state index contributed by atoms with van der Waals surface area (Å²) in [5.74, 6) is -0.121. The van der Waals surface area contributed by atoms with E-state index in [4.69, 9.17) is 10.5 Å². The van der Waals surface area contributed by atoms with Crippen molar-refractivity contribution in [3.8, 4) is 0 Å². The number of hydrogen-bond donors (Lipinski definition) is 2. The first kappa shape index (κ1) is 20.6. The summed E-state index contributed by atoms with van der Waals surface area (Å²) >= 11 is 0. The first-order chi connectivity index (χ1) is 13.4. The number of nitrogens with two attached hydrogens (primary N) is 1. The Morgan fingerprint density at radius 2 is 2.18 bits per heavy atom. The highest BCUT2D eigenvalue weighted by molar-refractivity contribution is 5.97. The number of carbonyl (C=O) groups excluding carboxylic acids is 2. The largest absolute Gasteiger partial charge is 0.370 e. The van der Waals surface area contributed by atoms with E-state index in [-0.39, 0.29) is 30.3 Å². The number of amides is 2. The van der Waals surface area contributed by atoms with Gasteiger partial charge in [0.25, 0.3) is 12.3 Å². The third-order valence-electron chi connectivity index (χ3n) is 5.13. The van der Waals surface area contributed by atoms with Crippen molar-refractivity contribution in [2.45, 2.75) is 25.3 Å². The SMILES string of the molecule is CN(CC1CC1)[C@@H](CN)C(=O)Nc1ccc(N2CCOCC2=O)cc1C(F)F. The van der Waals surface area contributed by atoms with Crippen molar-refractivity contribution in [3.05, 3.63) is 23.8 Å². The molecule has 1 aromatic rings. The molecule has 0 radical (unpaired) electrons. The van der Waals surface area contributed by atoms with Crippen LogP contribution in [-0.4, -0.2) is 62.7 Å². The number of morpholine rings is 1. The topological polar surface area (TPSA) is 87.9 Å². The van der Waals surface area contributed by atoms with E-state index in [2.05, 4.69) is 5.32 Å². The molecule has 3 rings (SSSR count). The molecule has 0 aromatic heterocycles. The molecule has 1 aliphatic carbocycles. The van der Waals surface area contributed by atoms with E-state index < -0.39 is 18.4 Å². The predicted molar refractivity (Wildman–Crippen MR) is 101 cm³/mol. The first-order valence-electron chi connectivity index (χ1n) is 9.42. The molecule has 7 nitrogen and oxygen atoms in total. The van der Waals surface area contributed by atoms with Gasteiger partial charge < -0.3 is 20.7 Å². The Morgan fingerprint density at radius 3 is 2.79 bits per heavy atom. The Morgan fingerprint density at radius 1 is 1.43 bits per heavy atom. The number of alkyl halides is 2. The fourth-order valence-corrected chi connectivity index (χ4v) is 3.34. The molecule has 154 valence electrons. The zero-order valence-electron chi connectivity index (χ0n) is 15.9. The minimum atomic E-state index is -2.80. The summed E-state index contributed by atoms with van der Waals surface area (Å²) in [4.78, 5) is 27.9. The quantitative estimate of drug-likeness (QED) is 0.697. The number of benzene rings is 1. The van der Waals surface area contributed by atoms with Crippen molar-refractivity contribution < 1.29 is 23.1 Å². The highest BCUT2D eigenvalue weighted by Gasteiger charge is 2.30. The lowest BCUT2D eigenvalue weighted by molar-refractivity contribution is -0.125. The number of halogens is 2. The van der Waals surface area contributed by atoms with Crippen molar-refractivity contribution in [2.75, 3.05) is 50.1 Å². The van der Waals surface area contributed by atoms with Crippen molar-refractivity contribution in [1.29, 1.82) is 0 Å². The van der Waals surface area contributed by atoms with Crippen LogP contribution in [0, 0.1) is 5.92 Å². The van der Waals surface area contributed by atoms with Gasteiger partial charge in [-0.05, 0) is 44.0 Å². The van der Waals surface area contributed by atoms with E-state index in [1.807, 2.05) is 11.9 Å².